The second kappa shape index (κ2) is 8.30. The SMILES string of the molecule is NCCCOCCC#Cc1ccc([C@H]2CNC(=O)O2)cc1. The van der Waals surface area contributed by atoms with Crippen LogP contribution >= 0.6 is 0 Å². The van der Waals surface area contributed by atoms with Gasteiger partial charge in [-0.25, -0.2) is 4.79 Å². The lowest BCUT2D eigenvalue weighted by molar-refractivity contribution is 0.139. The summed E-state index contributed by atoms with van der Waals surface area (Å²) in [6.45, 7) is 2.50. The number of alkyl carbamates (subject to hydrolysis) is 1. The van der Waals surface area contributed by atoms with Gasteiger partial charge < -0.3 is 20.5 Å². The highest BCUT2D eigenvalue weighted by Gasteiger charge is 2.23. The molecule has 0 aromatic heterocycles. The molecular formula is C16H20N2O3. The Balaban J connectivity index is 1.76. The number of amides is 1. The average Bonchev–Trinajstić information content (AvgIpc) is 2.93. The molecule has 2 rings (SSSR count). The Morgan fingerprint density at radius 1 is 1.33 bits per heavy atom. The van der Waals surface area contributed by atoms with Crippen LogP contribution in [-0.2, 0) is 9.47 Å². The molecule has 1 saturated heterocycles. The first kappa shape index (κ1) is 15.4. The summed E-state index contributed by atoms with van der Waals surface area (Å²) in [5.41, 5.74) is 7.29. The summed E-state index contributed by atoms with van der Waals surface area (Å²) in [6, 6.07) is 7.74. The molecule has 21 heavy (non-hydrogen) atoms. The fourth-order valence-corrected chi connectivity index (χ4v) is 1.93. The highest BCUT2D eigenvalue weighted by Crippen LogP contribution is 2.20. The number of carbonyl (C=O) groups is 1. The smallest absolute Gasteiger partial charge is 0.407 e. The maximum atomic E-state index is 11.0. The van der Waals surface area contributed by atoms with Crippen molar-refractivity contribution in [3.63, 3.8) is 0 Å². The number of hydrogen-bond acceptors (Lipinski definition) is 4. The van der Waals surface area contributed by atoms with Gasteiger partial charge in [0.1, 0.15) is 6.10 Å². The molecule has 5 heteroatoms. The van der Waals surface area contributed by atoms with Gasteiger partial charge in [-0.15, -0.1) is 0 Å². The van der Waals surface area contributed by atoms with Crippen molar-refractivity contribution in [3.8, 4) is 11.8 Å². The van der Waals surface area contributed by atoms with E-state index in [9.17, 15) is 4.79 Å². The van der Waals surface area contributed by atoms with Gasteiger partial charge in [0.05, 0.1) is 13.2 Å². The van der Waals surface area contributed by atoms with Crippen molar-refractivity contribution in [1.29, 1.82) is 0 Å². The number of rotatable bonds is 6. The second-order valence-electron chi connectivity index (χ2n) is 4.70. The molecule has 0 saturated carbocycles. The minimum atomic E-state index is -0.362. The van der Waals surface area contributed by atoms with E-state index in [0.717, 1.165) is 17.5 Å². The topological polar surface area (TPSA) is 73.6 Å². The van der Waals surface area contributed by atoms with Gasteiger partial charge >= 0.3 is 6.09 Å². The molecule has 1 aliphatic rings. The van der Waals surface area contributed by atoms with E-state index < -0.39 is 0 Å². The molecule has 1 fully saturated rings. The van der Waals surface area contributed by atoms with Gasteiger partial charge in [0.15, 0.2) is 0 Å². The maximum absolute atomic E-state index is 11.0. The predicted octanol–water partition coefficient (Wildman–Crippen LogP) is 1.57. The molecule has 1 amide bonds. The number of carbonyl (C=O) groups excluding carboxylic acids is 1. The first-order valence-electron chi connectivity index (χ1n) is 7.10. The van der Waals surface area contributed by atoms with Crippen molar-refractivity contribution in [3.05, 3.63) is 35.4 Å². The van der Waals surface area contributed by atoms with Gasteiger partial charge in [-0.05, 0) is 30.7 Å². The van der Waals surface area contributed by atoms with Gasteiger partial charge in [0, 0.05) is 18.6 Å². The third kappa shape index (κ3) is 5.10. The van der Waals surface area contributed by atoms with E-state index in [1.165, 1.54) is 0 Å². The van der Waals surface area contributed by atoms with Crippen molar-refractivity contribution in [1.82, 2.24) is 5.32 Å². The van der Waals surface area contributed by atoms with Gasteiger partial charge in [-0.1, -0.05) is 24.0 Å². The molecule has 1 aromatic rings. The predicted molar refractivity (Wildman–Crippen MR) is 79.7 cm³/mol. The molecule has 3 N–H and O–H groups in total. The lowest BCUT2D eigenvalue weighted by atomic mass is 10.1. The van der Waals surface area contributed by atoms with Crippen LogP contribution in [0.1, 0.15) is 30.1 Å². The maximum Gasteiger partial charge on any atom is 0.407 e. The summed E-state index contributed by atoms with van der Waals surface area (Å²) in [5.74, 6) is 6.15. The van der Waals surface area contributed by atoms with Crippen LogP contribution in [0.3, 0.4) is 0 Å². The number of nitrogens with two attached hydrogens (primary N) is 1. The number of nitrogens with one attached hydrogen (secondary N) is 1. The average molecular weight is 288 g/mol. The minimum Gasteiger partial charge on any atom is -0.439 e. The van der Waals surface area contributed by atoms with Crippen LogP contribution in [0.5, 0.6) is 0 Å². The summed E-state index contributed by atoms with van der Waals surface area (Å²) in [7, 11) is 0. The van der Waals surface area contributed by atoms with E-state index in [4.69, 9.17) is 15.2 Å². The molecule has 1 heterocycles. The zero-order valence-corrected chi connectivity index (χ0v) is 11.9. The molecule has 0 aliphatic carbocycles. The van der Waals surface area contributed by atoms with Gasteiger partial charge in [0.25, 0.3) is 0 Å². The lowest BCUT2D eigenvalue weighted by Crippen LogP contribution is -2.12. The summed E-state index contributed by atoms with van der Waals surface area (Å²) in [4.78, 5) is 11.0. The summed E-state index contributed by atoms with van der Waals surface area (Å²) >= 11 is 0. The summed E-state index contributed by atoms with van der Waals surface area (Å²) in [6.07, 6.45) is 1.03. The molecule has 1 aliphatic heterocycles. The van der Waals surface area contributed by atoms with E-state index in [2.05, 4.69) is 17.2 Å². The molecule has 0 unspecified atom stereocenters. The Bertz CT molecular complexity index is 517. The van der Waals surface area contributed by atoms with Gasteiger partial charge in [0.2, 0.25) is 0 Å². The van der Waals surface area contributed by atoms with E-state index in [1.807, 2.05) is 24.3 Å². The summed E-state index contributed by atoms with van der Waals surface area (Å²) < 4.78 is 10.5. The number of benzene rings is 1. The third-order valence-corrected chi connectivity index (χ3v) is 3.06. The first-order valence-corrected chi connectivity index (χ1v) is 7.10. The van der Waals surface area contributed by atoms with E-state index >= 15 is 0 Å². The molecule has 1 atom stereocenters. The molecule has 0 bridgehead atoms. The van der Waals surface area contributed by atoms with Crippen molar-refractivity contribution in [2.75, 3.05) is 26.3 Å². The van der Waals surface area contributed by atoms with Crippen molar-refractivity contribution < 1.29 is 14.3 Å². The molecule has 0 spiro atoms. The van der Waals surface area contributed by atoms with Crippen LogP contribution in [0.15, 0.2) is 24.3 Å². The summed E-state index contributed by atoms with van der Waals surface area (Å²) in [5, 5.41) is 2.63. The fraction of sp³-hybridized carbons (Fsp3) is 0.438. The van der Waals surface area contributed by atoms with E-state index in [0.29, 0.717) is 32.7 Å². The van der Waals surface area contributed by atoms with Crippen molar-refractivity contribution >= 4 is 6.09 Å². The van der Waals surface area contributed by atoms with Crippen LogP contribution in [0.4, 0.5) is 4.79 Å². The Hall–Kier alpha value is -2.03. The molecule has 5 nitrogen and oxygen atoms in total. The quantitative estimate of drug-likeness (QED) is 0.615. The minimum absolute atomic E-state index is 0.199. The van der Waals surface area contributed by atoms with Crippen LogP contribution in [-0.4, -0.2) is 32.4 Å². The standard InChI is InChI=1S/C16H20N2O3/c17-9-3-11-20-10-2-1-4-13-5-7-14(8-6-13)15-12-18-16(19)21-15/h5-8,15H,2-3,9-12,17H2,(H,18,19)/t15-/m1/s1. The van der Waals surface area contributed by atoms with Crippen LogP contribution in [0.2, 0.25) is 0 Å². The fourth-order valence-electron chi connectivity index (χ4n) is 1.93. The normalized spacial score (nSPS) is 16.8. The van der Waals surface area contributed by atoms with Crippen molar-refractivity contribution in [2.24, 2.45) is 5.73 Å². The largest absolute Gasteiger partial charge is 0.439 e. The van der Waals surface area contributed by atoms with Crippen LogP contribution in [0.25, 0.3) is 0 Å². The molecule has 0 radical (unpaired) electrons. The zero-order valence-electron chi connectivity index (χ0n) is 11.9. The van der Waals surface area contributed by atoms with Crippen LogP contribution < -0.4 is 11.1 Å². The van der Waals surface area contributed by atoms with Gasteiger partial charge in [-0.3, -0.25) is 0 Å². The lowest BCUT2D eigenvalue weighted by Gasteiger charge is -2.07. The number of hydrogen-bond donors (Lipinski definition) is 2. The van der Waals surface area contributed by atoms with Gasteiger partial charge in [-0.2, -0.15) is 0 Å². The monoisotopic (exact) mass is 288 g/mol. The number of cyclic esters (lactones) is 1. The first-order chi connectivity index (χ1) is 10.3. The molecular weight excluding hydrogens is 268 g/mol. The number of ether oxygens (including phenoxy) is 2. The second-order valence-corrected chi connectivity index (χ2v) is 4.70. The third-order valence-electron chi connectivity index (χ3n) is 3.06. The van der Waals surface area contributed by atoms with Crippen molar-refractivity contribution in [2.45, 2.75) is 18.9 Å². The molecule has 1 aromatic carbocycles. The van der Waals surface area contributed by atoms with Crippen LogP contribution in [0, 0.1) is 11.8 Å². The van der Waals surface area contributed by atoms with E-state index in [1.54, 1.807) is 0 Å². The van der Waals surface area contributed by atoms with E-state index in [-0.39, 0.29) is 12.2 Å². The zero-order chi connectivity index (χ0) is 14.9. The Morgan fingerprint density at radius 3 is 2.81 bits per heavy atom. The highest BCUT2D eigenvalue weighted by atomic mass is 16.6. The Labute approximate surface area is 124 Å². The Morgan fingerprint density at radius 2 is 2.14 bits per heavy atom. The Kier molecular flexibility index (Phi) is 6.07. The molecule has 112 valence electrons. The highest BCUT2D eigenvalue weighted by molar-refractivity contribution is 5.69.